The van der Waals surface area contributed by atoms with Crippen molar-refractivity contribution in [2.45, 2.75) is 57.3 Å². The number of nitrogens with zero attached hydrogens (tertiary/aromatic N) is 3. The fourth-order valence-electron chi connectivity index (χ4n) is 3.98. The Hall–Kier alpha value is -1.44. The largest absolute Gasteiger partial charge is 0.362 e. The number of likely N-dealkylation sites (tertiary alicyclic amines) is 1. The standard InChI is InChI=1S/C17H25N3O4/c1-13-11-14(18-24-13)12-19-8-5-17(6-9-19)4-3-15(23-17)16(21)20-7-2-10-22-20/h11,15H,2-10,12H2,1H3. The van der Waals surface area contributed by atoms with Crippen LogP contribution in [0.3, 0.4) is 0 Å². The zero-order valence-corrected chi connectivity index (χ0v) is 14.2. The van der Waals surface area contributed by atoms with E-state index in [0.717, 1.165) is 63.2 Å². The molecule has 1 aromatic heterocycles. The minimum atomic E-state index is -0.326. The summed E-state index contributed by atoms with van der Waals surface area (Å²) >= 11 is 0. The molecule has 1 amide bonds. The van der Waals surface area contributed by atoms with Gasteiger partial charge in [-0.1, -0.05) is 5.16 Å². The summed E-state index contributed by atoms with van der Waals surface area (Å²) in [6.07, 6.45) is 4.30. The highest BCUT2D eigenvalue weighted by atomic mass is 16.7. The van der Waals surface area contributed by atoms with Gasteiger partial charge in [-0.25, -0.2) is 5.06 Å². The molecular weight excluding hydrogens is 310 g/mol. The average molecular weight is 335 g/mol. The minimum Gasteiger partial charge on any atom is -0.362 e. The maximum absolute atomic E-state index is 12.4. The number of hydrogen-bond donors (Lipinski definition) is 0. The Bertz CT molecular complexity index is 588. The van der Waals surface area contributed by atoms with Crippen LogP contribution in [0.4, 0.5) is 0 Å². The van der Waals surface area contributed by atoms with Crippen molar-refractivity contribution in [1.82, 2.24) is 15.1 Å². The molecule has 4 heterocycles. The highest BCUT2D eigenvalue weighted by molar-refractivity contribution is 5.80. The van der Waals surface area contributed by atoms with Crippen LogP contribution in [0.1, 0.15) is 43.6 Å². The number of amides is 1. The van der Waals surface area contributed by atoms with E-state index >= 15 is 0 Å². The number of hydrogen-bond acceptors (Lipinski definition) is 6. The van der Waals surface area contributed by atoms with Gasteiger partial charge in [-0.2, -0.15) is 0 Å². The predicted octanol–water partition coefficient (Wildman–Crippen LogP) is 1.66. The third kappa shape index (κ3) is 3.20. The number of carbonyl (C=O) groups is 1. The van der Waals surface area contributed by atoms with Gasteiger partial charge >= 0.3 is 0 Å². The molecule has 1 aromatic rings. The molecule has 7 heteroatoms. The average Bonchev–Trinajstić information content (AvgIpc) is 3.31. The number of ether oxygens (including phenoxy) is 1. The number of piperidine rings is 1. The molecular formula is C17H25N3O4. The second-order valence-electron chi connectivity index (χ2n) is 7.16. The maximum atomic E-state index is 12.4. The Morgan fingerprint density at radius 3 is 2.83 bits per heavy atom. The van der Waals surface area contributed by atoms with Gasteiger partial charge in [0.1, 0.15) is 11.9 Å². The molecule has 0 saturated carbocycles. The molecule has 0 N–H and O–H groups in total. The van der Waals surface area contributed by atoms with E-state index in [4.69, 9.17) is 14.1 Å². The number of aryl methyl sites for hydroxylation is 1. The van der Waals surface area contributed by atoms with E-state index in [2.05, 4.69) is 10.1 Å². The zero-order valence-electron chi connectivity index (χ0n) is 14.2. The first kappa shape index (κ1) is 16.1. The fourth-order valence-corrected chi connectivity index (χ4v) is 3.98. The number of carbonyl (C=O) groups excluding carboxylic acids is 1. The van der Waals surface area contributed by atoms with E-state index in [1.807, 2.05) is 13.0 Å². The minimum absolute atomic E-state index is 0.00452. The third-order valence-corrected chi connectivity index (χ3v) is 5.36. The highest BCUT2D eigenvalue weighted by Gasteiger charge is 2.46. The van der Waals surface area contributed by atoms with Crippen LogP contribution in [0, 0.1) is 6.92 Å². The number of rotatable bonds is 3. The Balaban J connectivity index is 1.29. The lowest BCUT2D eigenvalue weighted by molar-refractivity contribution is -0.185. The first-order valence-electron chi connectivity index (χ1n) is 8.90. The van der Waals surface area contributed by atoms with Crippen LogP contribution in [0.25, 0.3) is 0 Å². The summed E-state index contributed by atoms with van der Waals surface area (Å²) in [5, 5.41) is 5.56. The Kier molecular flexibility index (Phi) is 4.32. The summed E-state index contributed by atoms with van der Waals surface area (Å²) in [5.41, 5.74) is 0.853. The smallest absolute Gasteiger partial charge is 0.275 e. The van der Waals surface area contributed by atoms with E-state index in [1.165, 1.54) is 5.06 Å². The van der Waals surface area contributed by atoms with E-state index in [-0.39, 0.29) is 17.6 Å². The zero-order chi connectivity index (χ0) is 16.6. The molecule has 1 atom stereocenters. The molecule has 132 valence electrons. The third-order valence-electron chi connectivity index (χ3n) is 5.36. The summed E-state index contributed by atoms with van der Waals surface area (Å²) in [5.74, 6) is 0.855. The first-order chi connectivity index (χ1) is 11.6. The summed E-state index contributed by atoms with van der Waals surface area (Å²) < 4.78 is 11.4. The van der Waals surface area contributed by atoms with Crippen LogP contribution < -0.4 is 0 Å². The van der Waals surface area contributed by atoms with Crippen molar-refractivity contribution in [3.63, 3.8) is 0 Å². The van der Waals surface area contributed by atoms with E-state index in [9.17, 15) is 4.79 Å². The molecule has 1 unspecified atom stereocenters. The SMILES string of the molecule is Cc1cc(CN2CCC3(CCC(C(=O)N4CCCO4)O3)CC2)no1. The second-order valence-corrected chi connectivity index (χ2v) is 7.16. The van der Waals surface area contributed by atoms with Gasteiger partial charge in [0.15, 0.2) is 0 Å². The molecule has 0 aliphatic carbocycles. The summed E-state index contributed by atoms with van der Waals surface area (Å²) in [6, 6.07) is 1.99. The lowest BCUT2D eigenvalue weighted by Crippen LogP contribution is -2.45. The number of hydroxylamine groups is 2. The molecule has 0 aromatic carbocycles. The molecule has 3 saturated heterocycles. The van der Waals surface area contributed by atoms with Crippen LogP contribution in [-0.4, -0.2) is 59.0 Å². The monoisotopic (exact) mass is 335 g/mol. The van der Waals surface area contributed by atoms with E-state index < -0.39 is 0 Å². The number of aromatic nitrogens is 1. The summed E-state index contributed by atoms with van der Waals surface area (Å²) in [4.78, 5) is 20.2. The van der Waals surface area contributed by atoms with Crippen LogP contribution in [-0.2, 0) is 20.9 Å². The van der Waals surface area contributed by atoms with Crippen molar-refractivity contribution in [3.05, 3.63) is 17.5 Å². The van der Waals surface area contributed by atoms with Crippen LogP contribution in [0.5, 0.6) is 0 Å². The molecule has 3 aliphatic heterocycles. The molecule has 0 bridgehead atoms. The molecule has 0 radical (unpaired) electrons. The van der Waals surface area contributed by atoms with Crippen molar-refractivity contribution in [2.75, 3.05) is 26.2 Å². The van der Waals surface area contributed by atoms with Crippen LogP contribution in [0.2, 0.25) is 0 Å². The van der Waals surface area contributed by atoms with Gasteiger partial charge in [0.25, 0.3) is 5.91 Å². The molecule has 3 aliphatic rings. The van der Waals surface area contributed by atoms with Crippen molar-refractivity contribution in [3.8, 4) is 0 Å². The van der Waals surface area contributed by atoms with E-state index in [0.29, 0.717) is 13.2 Å². The van der Waals surface area contributed by atoms with Crippen molar-refractivity contribution >= 4 is 5.91 Å². The lowest BCUT2D eigenvalue weighted by atomic mass is 9.88. The van der Waals surface area contributed by atoms with Gasteiger partial charge in [0.2, 0.25) is 0 Å². The quantitative estimate of drug-likeness (QED) is 0.837. The van der Waals surface area contributed by atoms with Gasteiger partial charge in [-0.05, 0) is 39.0 Å². The van der Waals surface area contributed by atoms with Gasteiger partial charge in [0, 0.05) is 25.7 Å². The van der Waals surface area contributed by atoms with Gasteiger partial charge in [-0.15, -0.1) is 0 Å². The Morgan fingerprint density at radius 2 is 2.17 bits per heavy atom. The first-order valence-corrected chi connectivity index (χ1v) is 8.90. The molecule has 4 rings (SSSR count). The molecule has 7 nitrogen and oxygen atoms in total. The molecule has 24 heavy (non-hydrogen) atoms. The van der Waals surface area contributed by atoms with E-state index in [1.54, 1.807) is 0 Å². The van der Waals surface area contributed by atoms with Gasteiger partial charge < -0.3 is 9.26 Å². The van der Waals surface area contributed by atoms with Crippen LogP contribution >= 0.6 is 0 Å². The van der Waals surface area contributed by atoms with Gasteiger partial charge in [-0.3, -0.25) is 14.5 Å². The second kappa shape index (κ2) is 6.46. The Morgan fingerprint density at radius 1 is 1.33 bits per heavy atom. The normalized spacial score (nSPS) is 27.2. The van der Waals surface area contributed by atoms with Crippen molar-refractivity contribution < 1.29 is 18.9 Å². The lowest BCUT2D eigenvalue weighted by Gasteiger charge is -2.38. The Labute approximate surface area is 141 Å². The predicted molar refractivity (Wildman–Crippen MR) is 84.9 cm³/mol. The molecule has 1 spiro atoms. The summed E-state index contributed by atoms with van der Waals surface area (Å²) in [6.45, 7) is 5.99. The highest BCUT2D eigenvalue weighted by Crippen LogP contribution is 2.39. The van der Waals surface area contributed by atoms with Crippen molar-refractivity contribution in [2.24, 2.45) is 0 Å². The summed E-state index contributed by atoms with van der Waals surface area (Å²) in [7, 11) is 0. The topological polar surface area (TPSA) is 68.0 Å². The van der Waals surface area contributed by atoms with Gasteiger partial charge in [0.05, 0.1) is 24.4 Å². The van der Waals surface area contributed by atoms with Crippen molar-refractivity contribution in [1.29, 1.82) is 0 Å². The molecule has 3 fully saturated rings. The fraction of sp³-hybridized carbons (Fsp3) is 0.765. The maximum Gasteiger partial charge on any atom is 0.275 e. The van der Waals surface area contributed by atoms with Crippen LogP contribution in [0.15, 0.2) is 10.6 Å².